The van der Waals surface area contributed by atoms with Crippen molar-refractivity contribution in [1.82, 2.24) is 19.6 Å². The number of aryl methyl sites for hydroxylation is 2. The van der Waals surface area contributed by atoms with Gasteiger partial charge in [-0.25, -0.2) is 31.0 Å². The zero-order valence-corrected chi connectivity index (χ0v) is 17.6. The van der Waals surface area contributed by atoms with E-state index in [1.165, 1.54) is 10.9 Å². The highest BCUT2D eigenvalue weighted by molar-refractivity contribution is 7.93. The number of halogens is 2. The largest absolute Gasteiger partial charge is 0.462 e. The van der Waals surface area contributed by atoms with E-state index in [2.05, 4.69) is 10.2 Å². The number of alkyl halides is 2. The predicted octanol–water partition coefficient (Wildman–Crippen LogP) is 2.29. The second-order valence-electron chi connectivity index (χ2n) is 7.64. The molecule has 0 aromatic carbocycles. The number of esters is 1. The molecule has 0 radical (unpaired) electrons. The van der Waals surface area contributed by atoms with Gasteiger partial charge in [0.05, 0.1) is 24.5 Å². The zero-order chi connectivity index (χ0) is 21.8. The van der Waals surface area contributed by atoms with Gasteiger partial charge in [0.2, 0.25) is 0 Å². The number of nitrogens with zero attached hydrogens (tertiary/aromatic N) is 5. The fourth-order valence-corrected chi connectivity index (χ4v) is 6.01. The average Bonchev–Trinajstić information content (AvgIpc) is 3.33. The van der Waals surface area contributed by atoms with Crippen molar-refractivity contribution in [3.8, 4) is 0 Å². The minimum Gasteiger partial charge on any atom is -0.462 e. The van der Waals surface area contributed by atoms with Gasteiger partial charge in [0.25, 0.3) is 16.4 Å². The number of ether oxygens (including phenoxy) is 1. The molecule has 164 valence electrons. The number of carbonyl (C=O) groups excluding carboxylic acids is 1. The molecule has 9 nitrogen and oxygen atoms in total. The highest BCUT2D eigenvalue weighted by atomic mass is 32.2. The van der Waals surface area contributed by atoms with Gasteiger partial charge in [0.1, 0.15) is 16.5 Å². The smallest absolute Gasteiger partial charge is 0.343 e. The second kappa shape index (κ2) is 7.33. The molecule has 0 N–H and O–H groups in total. The fraction of sp³-hybridized carbons (Fsp3) is 0.611. The lowest BCUT2D eigenvalue weighted by Gasteiger charge is -2.40. The molecule has 3 heterocycles. The number of sulfonamides is 1. The van der Waals surface area contributed by atoms with Crippen molar-refractivity contribution in [1.29, 1.82) is 0 Å². The molecule has 1 fully saturated rings. The molecule has 0 saturated heterocycles. The molecule has 1 aliphatic carbocycles. The highest BCUT2D eigenvalue weighted by Crippen LogP contribution is 2.48. The fourth-order valence-electron chi connectivity index (χ4n) is 4.07. The molecule has 1 aliphatic heterocycles. The van der Waals surface area contributed by atoms with Gasteiger partial charge in [-0.05, 0) is 39.0 Å². The van der Waals surface area contributed by atoms with Crippen LogP contribution in [0.1, 0.15) is 48.3 Å². The summed E-state index contributed by atoms with van der Waals surface area (Å²) < 4.78 is 63.7. The normalized spacial score (nSPS) is 21.7. The summed E-state index contributed by atoms with van der Waals surface area (Å²) in [4.78, 5) is 12.5. The van der Waals surface area contributed by atoms with E-state index in [1.807, 2.05) is 0 Å². The SMILES string of the molecule is CCOC(=O)c1cnn2c1N(S(=O)(=O)c1cn(C)nc1C)[C@@H](C1CC1)C[C@H]2C(F)F. The molecule has 2 aromatic heterocycles. The summed E-state index contributed by atoms with van der Waals surface area (Å²) in [5, 5.41) is 8.08. The summed E-state index contributed by atoms with van der Waals surface area (Å²) in [6.45, 7) is 3.23. The van der Waals surface area contributed by atoms with E-state index in [9.17, 15) is 22.0 Å². The summed E-state index contributed by atoms with van der Waals surface area (Å²) in [6, 6.07) is -2.03. The molecule has 1 saturated carbocycles. The quantitative estimate of drug-likeness (QED) is 0.635. The van der Waals surface area contributed by atoms with Gasteiger partial charge in [-0.2, -0.15) is 10.2 Å². The van der Waals surface area contributed by atoms with Crippen LogP contribution < -0.4 is 4.31 Å². The lowest BCUT2D eigenvalue weighted by atomic mass is 10.00. The van der Waals surface area contributed by atoms with Gasteiger partial charge in [0.15, 0.2) is 5.82 Å². The van der Waals surface area contributed by atoms with Crippen LogP contribution >= 0.6 is 0 Å². The number of carbonyl (C=O) groups is 1. The number of hydrogen-bond donors (Lipinski definition) is 0. The van der Waals surface area contributed by atoms with Crippen LogP contribution in [0.5, 0.6) is 0 Å². The first-order valence-electron chi connectivity index (χ1n) is 9.74. The van der Waals surface area contributed by atoms with Gasteiger partial charge in [-0.1, -0.05) is 0 Å². The van der Waals surface area contributed by atoms with E-state index in [0.717, 1.165) is 28.0 Å². The lowest BCUT2D eigenvalue weighted by molar-refractivity contribution is 0.0518. The van der Waals surface area contributed by atoms with Crippen LogP contribution in [-0.4, -0.2) is 53.0 Å². The van der Waals surface area contributed by atoms with Crippen LogP contribution in [0.25, 0.3) is 0 Å². The van der Waals surface area contributed by atoms with E-state index in [-0.39, 0.29) is 40.9 Å². The molecular formula is C18H23F2N5O4S. The van der Waals surface area contributed by atoms with Crippen molar-refractivity contribution in [3.63, 3.8) is 0 Å². The highest BCUT2D eigenvalue weighted by Gasteiger charge is 2.51. The number of fused-ring (bicyclic) bond motifs is 1. The summed E-state index contributed by atoms with van der Waals surface area (Å²) in [5.74, 6) is -1.02. The maximum Gasteiger partial charge on any atom is 0.343 e. The molecule has 2 aromatic rings. The van der Waals surface area contributed by atoms with Crippen molar-refractivity contribution >= 4 is 21.8 Å². The van der Waals surface area contributed by atoms with Crippen molar-refractivity contribution in [2.24, 2.45) is 13.0 Å². The molecule has 0 bridgehead atoms. The number of aromatic nitrogens is 4. The molecule has 12 heteroatoms. The molecule has 0 spiro atoms. The summed E-state index contributed by atoms with van der Waals surface area (Å²) >= 11 is 0. The van der Waals surface area contributed by atoms with E-state index >= 15 is 0 Å². The maximum atomic E-state index is 13.9. The molecule has 4 rings (SSSR count). The lowest BCUT2D eigenvalue weighted by Crippen LogP contribution is -2.49. The Labute approximate surface area is 172 Å². The Bertz CT molecular complexity index is 1080. The first kappa shape index (κ1) is 20.8. The third kappa shape index (κ3) is 3.26. The Morgan fingerprint density at radius 1 is 1.37 bits per heavy atom. The third-order valence-electron chi connectivity index (χ3n) is 5.53. The number of hydrogen-bond acceptors (Lipinski definition) is 6. The van der Waals surface area contributed by atoms with Gasteiger partial charge >= 0.3 is 5.97 Å². The number of rotatable bonds is 6. The Morgan fingerprint density at radius 3 is 2.60 bits per heavy atom. The van der Waals surface area contributed by atoms with Crippen molar-refractivity contribution in [2.75, 3.05) is 10.9 Å². The predicted molar refractivity (Wildman–Crippen MR) is 102 cm³/mol. The monoisotopic (exact) mass is 443 g/mol. The Balaban J connectivity index is 1.94. The summed E-state index contributed by atoms with van der Waals surface area (Å²) in [7, 11) is -2.59. The Kier molecular flexibility index (Phi) is 5.07. The topological polar surface area (TPSA) is 99.3 Å². The number of anilines is 1. The van der Waals surface area contributed by atoms with E-state index < -0.39 is 34.5 Å². The van der Waals surface area contributed by atoms with E-state index in [1.54, 1.807) is 20.9 Å². The molecule has 0 unspecified atom stereocenters. The minimum absolute atomic E-state index is 0.0336. The van der Waals surface area contributed by atoms with Crippen molar-refractivity contribution in [2.45, 2.75) is 56.5 Å². The molecule has 30 heavy (non-hydrogen) atoms. The molecule has 2 atom stereocenters. The third-order valence-corrected chi connectivity index (χ3v) is 7.45. The molecular weight excluding hydrogens is 420 g/mol. The Hall–Kier alpha value is -2.50. The second-order valence-corrected chi connectivity index (χ2v) is 9.43. The van der Waals surface area contributed by atoms with Crippen LogP contribution in [-0.2, 0) is 21.8 Å². The average molecular weight is 443 g/mol. The molecule has 0 amide bonds. The van der Waals surface area contributed by atoms with Crippen molar-refractivity contribution in [3.05, 3.63) is 23.7 Å². The van der Waals surface area contributed by atoms with E-state index in [0.29, 0.717) is 0 Å². The van der Waals surface area contributed by atoms with Crippen LogP contribution in [0.3, 0.4) is 0 Å². The summed E-state index contributed by atoms with van der Waals surface area (Å²) in [6.07, 6.45) is 1.11. The minimum atomic E-state index is -4.19. The van der Waals surface area contributed by atoms with Gasteiger partial charge < -0.3 is 4.74 Å². The molecule has 2 aliphatic rings. The van der Waals surface area contributed by atoms with Gasteiger partial charge in [-0.15, -0.1) is 0 Å². The first-order valence-corrected chi connectivity index (χ1v) is 11.2. The van der Waals surface area contributed by atoms with Crippen molar-refractivity contribution < 1.29 is 26.7 Å². The maximum absolute atomic E-state index is 13.9. The van der Waals surface area contributed by atoms with E-state index in [4.69, 9.17) is 4.74 Å². The van der Waals surface area contributed by atoms with Crippen LogP contribution in [0.4, 0.5) is 14.6 Å². The van der Waals surface area contributed by atoms with Gasteiger partial charge in [-0.3, -0.25) is 4.68 Å². The standard InChI is InChI=1S/C18H23F2N5O4S/c1-4-29-18(26)12-8-21-24-14(16(19)20)7-13(11-5-6-11)25(17(12)24)30(27,28)15-9-23(3)22-10(15)2/h8-9,11,13-14,16H,4-7H2,1-3H3/t13-,14+/m1/s1. The summed E-state index contributed by atoms with van der Waals surface area (Å²) in [5.41, 5.74) is 0.143. The van der Waals surface area contributed by atoms with Crippen LogP contribution in [0.15, 0.2) is 17.3 Å². The van der Waals surface area contributed by atoms with Crippen LogP contribution in [0, 0.1) is 12.8 Å². The Morgan fingerprint density at radius 2 is 2.07 bits per heavy atom. The first-order chi connectivity index (χ1) is 14.2. The van der Waals surface area contributed by atoms with Gasteiger partial charge in [0, 0.05) is 13.2 Å². The van der Waals surface area contributed by atoms with Crippen LogP contribution in [0.2, 0.25) is 0 Å². The zero-order valence-electron chi connectivity index (χ0n) is 16.8.